The van der Waals surface area contributed by atoms with Gasteiger partial charge in [-0.05, 0) is 25.0 Å². The summed E-state index contributed by atoms with van der Waals surface area (Å²) in [7, 11) is 0. The summed E-state index contributed by atoms with van der Waals surface area (Å²) < 4.78 is 6.48. The van der Waals surface area contributed by atoms with E-state index in [1.54, 1.807) is 9.58 Å². The van der Waals surface area contributed by atoms with E-state index in [1.165, 1.54) is 18.5 Å². The third kappa shape index (κ3) is 3.21. The lowest BCUT2D eigenvalue weighted by Gasteiger charge is -2.30. The topological polar surface area (TPSA) is 107 Å². The molecule has 0 radical (unpaired) electrons. The average Bonchev–Trinajstić information content (AvgIpc) is 3.38. The van der Waals surface area contributed by atoms with E-state index in [0.717, 1.165) is 5.69 Å². The van der Waals surface area contributed by atoms with Crippen molar-refractivity contribution in [2.45, 2.75) is 12.8 Å². The van der Waals surface area contributed by atoms with Gasteiger partial charge < -0.3 is 15.2 Å². The summed E-state index contributed by atoms with van der Waals surface area (Å²) in [5, 5.41) is 7.82. The molecule has 0 aliphatic carbocycles. The van der Waals surface area contributed by atoms with Crippen molar-refractivity contribution < 1.29 is 14.1 Å². The van der Waals surface area contributed by atoms with Crippen molar-refractivity contribution >= 4 is 17.5 Å². The van der Waals surface area contributed by atoms with E-state index in [2.05, 4.69) is 10.3 Å². The number of Topliss-reactive ketones (excluding diaryl/α,β-unsaturated/α-hetero) is 1. The minimum atomic E-state index is -0.199. The number of nitrogen functional groups attached to an aromatic ring is 1. The van der Waals surface area contributed by atoms with Crippen molar-refractivity contribution in [1.82, 2.24) is 19.8 Å². The number of carbonyl (C=O) groups is 2. The Morgan fingerprint density at radius 1 is 1.11 bits per heavy atom. The number of likely N-dealkylation sites (tertiary alicyclic amines) is 1. The van der Waals surface area contributed by atoms with Crippen molar-refractivity contribution in [2.24, 2.45) is 5.92 Å². The molecule has 4 rings (SSSR count). The first kappa shape index (κ1) is 17.0. The summed E-state index contributed by atoms with van der Waals surface area (Å²) in [5.74, 6) is 0.148. The second-order valence-corrected chi connectivity index (χ2v) is 6.50. The molecule has 0 atom stereocenters. The first-order valence-electron chi connectivity index (χ1n) is 8.78. The van der Waals surface area contributed by atoms with Crippen molar-refractivity contribution in [3.8, 4) is 5.69 Å². The Balaban J connectivity index is 1.44. The van der Waals surface area contributed by atoms with Gasteiger partial charge in [-0.15, -0.1) is 0 Å². The summed E-state index contributed by atoms with van der Waals surface area (Å²) in [5.41, 5.74) is 7.41. The molecule has 3 heterocycles. The van der Waals surface area contributed by atoms with Gasteiger partial charge in [-0.2, -0.15) is 5.10 Å². The third-order valence-corrected chi connectivity index (χ3v) is 4.87. The Bertz CT molecular complexity index is 941. The summed E-state index contributed by atoms with van der Waals surface area (Å²) in [6.45, 7) is 0.978. The molecule has 8 heteroatoms. The highest BCUT2D eigenvalue weighted by Gasteiger charge is 2.31. The maximum atomic E-state index is 12.9. The molecule has 0 bridgehead atoms. The minimum absolute atomic E-state index is 0.0264. The van der Waals surface area contributed by atoms with Crippen LogP contribution in [0.2, 0.25) is 0 Å². The number of para-hydroxylation sites is 1. The van der Waals surface area contributed by atoms with E-state index in [0.29, 0.717) is 37.3 Å². The molecule has 27 heavy (non-hydrogen) atoms. The first-order chi connectivity index (χ1) is 13.1. The molecule has 0 unspecified atom stereocenters. The number of aromatic nitrogens is 3. The first-order valence-corrected chi connectivity index (χ1v) is 8.78. The van der Waals surface area contributed by atoms with Crippen LogP contribution < -0.4 is 5.73 Å². The van der Waals surface area contributed by atoms with E-state index in [-0.39, 0.29) is 23.4 Å². The van der Waals surface area contributed by atoms with Crippen LogP contribution in [0.5, 0.6) is 0 Å². The molecule has 1 saturated heterocycles. The molecule has 3 aromatic rings. The highest BCUT2D eigenvalue weighted by Crippen LogP contribution is 2.26. The second-order valence-electron chi connectivity index (χ2n) is 6.50. The second kappa shape index (κ2) is 7.06. The van der Waals surface area contributed by atoms with Gasteiger partial charge in [0.15, 0.2) is 5.78 Å². The average molecular weight is 365 g/mol. The van der Waals surface area contributed by atoms with Crippen LogP contribution in [0.15, 0.2) is 53.3 Å². The standard InChI is InChI=1S/C19H19N5O3/c20-18-15(12-21-24(18)14-4-2-1-3-5-14)17(25)13-7-10-23(11-8-13)19(26)16-6-9-22-27-16/h1-6,9,12-13H,7-8,10-11,20H2. The lowest BCUT2D eigenvalue weighted by molar-refractivity contribution is 0.0616. The number of piperidine rings is 1. The van der Waals surface area contributed by atoms with Crippen LogP contribution in [-0.2, 0) is 0 Å². The Labute approximate surface area is 155 Å². The monoisotopic (exact) mass is 365 g/mol. The Kier molecular flexibility index (Phi) is 4.45. The molecule has 2 aromatic heterocycles. The number of rotatable bonds is 4. The van der Waals surface area contributed by atoms with Crippen LogP contribution in [0.1, 0.15) is 33.8 Å². The van der Waals surface area contributed by atoms with Gasteiger partial charge in [-0.1, -0.05) is 23.4 Å². The number of amides is 1. The van der Waals surface area contributed by atoms with Crippen LogP contribution in [-0.4, -0.2) is 44.6 Å². The van der Waals surface area contributed by atoms with E-state index in [1.807, 2.05) is 30.3 Å². The molecular formula is C19H19N5O3. The highest BCUT2D eigenvalue weighted by molar-refractivity contribution is 6.02. The van der Waals surface area contributed by atoms with E-state index < -0.39 is 0 Å². The van der Waals surface area contributed by atoms with Crippen LogP contribution in [0.25, 0.3) is 5.69 Å². The Hall–Kier alpha value is -3.42. The van der Waals surface area contributed by atoms with Gasteiger partial charge >= 0.3 is 0 Å². The number of hydrogen-bond acceptors (Lipinski definition) is 6. The number of nitrogens with two attached hydrogens (primary N) is 1. The fraction of sp³-hybridized carbons (Fsp3) is 0.263. The number of benzene rings is 1. The summed E-state index contributed by atoms with van der Waals surface area (Å²) in [4.78, 5) is 26.9. The zero-order chi connectivity index (χ0) is 18.8. The SMILES string of the molecule is Nc1c(C(=O)C2CCN(C(=O)c3ccno3)CC2)cnn1-c1ccccc1. The van der Waals surface area contributed by atoms with Crippen LogP contribution in [0.4, 0.5) is 5.82 Å². The molecule has 1 aliphatic heterocycles. The predicted molar refractivity (Wildman–Crippen MR) is 97.4 cm³/mol. The lowest BCUT2D eigenvalue weighted by atomic mass is 9.89. The minimum Gasteiger partial charge on any atom is -0.383 e. The molecule has 138 valence electrons. The molecular weight excluding hydrogens is 346 g/mol. The van der Waals surface area contributed by atoms with E-state index >= 15 is 0 Å². The number of carbonyl (C=O) groups excluding carboxylic acids is 2. The lowest BCUT2D eigenvalue weighted by Crippen LogP contribution is -2.40. The van der Waals surface area contributed by atoms with Crippen LogP contribution >= 0.6 is 0 Å². The largest absolute Gasteiger partial charge is 0.383 e. The smallest absolute Gasteiger partial charge is 0.292 e. The highest BCUT2D eigenvalue weighted by atomic mass is 16.5. The summed E-state index contributed by atoms with van der Waals surface area (Å²) in [6.07, 6.45) is 4.12. The number of ketones is 1. The van der Waals surface area contributed by atoms with E-state index in [9.17, 15) is 9.59 Å². The van der Waals surface area contributed by atoms with E-state index in [4.69, 9.17) is 10.3 Å². The van der Waals surface area contributed by atoms with Crippen molar-refractivity contribution in [3.63, 3.8) is 0 Å². The molecule has 8 nitrogen and oxygen atoms in total. The normalized spacial score (nSPS) is 15.0. The quantitative estimate of drug-likeness (QED) is 0.710. The van der Waals surface area contributed by atoms with Crippen molar-refractivity contribution in [2.75, 3.05) is 18.8 Å². The number of anilines is 1. The van der Waals surface area contributed by atoms with Gasteiger partial charge in [-0.25, -0.2) is 4.68 Å². The van der Waals surface area contributed by atoms with Gasteiger partial charge in [0.05, 0.1) is 23.6 Å². The Morgan fingerprint density at radius 3 is 2.52 bits per heavy atom. The molecule has 1 fully saturated rings. The fourth-order valence-corrected chi connectivity index (χ4v) is 3.37. The molecule has 0 spiro atoms. The Morgan fingerprint density at radius 2 is 1.85 bits per heavy atom. The molecule has 1 amide bonds. The van der Waals surface area contributed by atoms with Crippen molar-refractivity contribution in [3.05, 3.63) is 60.1 Å². The van der Waals surface area contributed by atoms with Crippen molar-refractivity contribution in [1.29, 1.82) is 0 Å². The summed E-state index contributed by atoms with van der Waals surface area (Å²) >= 11 is 0. The van der Waals surface area contributed by atoms with Gasteiger partial charge in [0.1, 0.15) is 5.82 Å². The molecule has 2 N–H and O–H groups in total. The van der Waals surface area contributed by atoms with Crippen LogP contribution in [0, 0.1) is 5.92 Å². The maximum Gasteiger partial charge on any atom is 0.292 e. The molecule has 1 aliphatic rings. The third-order valence-electron chi connectivity index (χ3n) is 4.87. The van der Waals surface area contributed by atoms with Gasteiger partial charge in [-0.3, -0.25) is 9.59 Å². The zero-order valence-electron chi connectivity index (χ0n) is 14.6. The predicted octanol–water partition coefficient (Wildman–Crippen LogP) is 2.18. The van der Waals surface area contributed by atoms with Crippen LogP contribution in [0.3, 0.4) is 0 Å². The summed E-state index contributed by atoms with van der Waals surface area (Å²) in [6, 6.07) is 11.0. The number of nitrogens with zero attached hydrogens (tertiary/aromatic N) is 4. The number of hydrogen-bond donors (Lipinski definition) is 1. The van der Waals surface area contributed by atoms with Gasteiger partial charge in [0.25, 0.3) is 5.91 Å². The van der Waals surface area contributed by atoms with Gasteiger partial charge in [0, 0.05) is 25.1 Å². The zero-order valence-corrected chi connectivity index (χ0v) is 14.6. The fourth-order valence-electron chi connectivity index (χ4n) is 3.37. The molecule has 1 aromatic carbocycles. The van der Waals surface area contributed by atoms with Gasteiger partial charge in [0.2, 0.25) is 5.76 Å². The maximum absolute atomic E-state index is 12.9. The molecule has 0 saturated carbocycles.